The maximum Gasteiger partial charge on any atom is 0.335 e. The Hall–Kier alpha value is -2.27. The van der Waals surface area contributed by atoms with Crippen molar-refractivity contribution in [3.8, 4) is 0 Å². The molecule has 0 fully saturated rings. The largest absolute Gasteiger partial charge is 0.478 e. The third-order valence-corrected chi connectivity index (χ3v) is 3.85. The van der Waals surface area contributed by atoms with Gasteiger partial charge in [-0.15, -0.1) is 11.8 Å². The minimum absolute atomic E-state index is 0.0742. The lowest BCUT2D eigenvalue weighted by Crippen LogP contribution is -2.04. The Kier molecular flexibility index (Phi) is 2.99. The molecular weight excluding hydrogens is 276 g/mol. The predicted octanol–water partition coefficient (Wildman–Crippen LogP) is 3.37. The number of thioether (sulfide) groups is 1. The lowest BCUT2D eigenvalue weighted by molar-refractivity contribution is 0.0697. The first kappa shape index (κ1) is 12.7. The molecule has 0 radical (unpaired) electrons. The normalized spacial score (nSPS) is 11.1. The van der Waals surface area contributed by atoms with Gasteiger partial charge < -0.3 is 9.52 Å². The van der Waals surface area contributed by atoms with Gasteiger partial charge in [0.25, 0.3) is 0 Å². The smallest absolute Gasteiger partial charge is 0.335 e. The Morgan fingerprint density at radius 3 is 2.40 bits per heavy atom. The maximum absolute atomic E-state index is 12.5. The molecule has 0 aliphatic rings. The molecule has 5 heteroatoms. The molecule has 0 bridgehead atoms. The summed E-state index contributed by atoms with van der Waals surface area (Å²) in [5, 5.41) is 9.75. The summed E-state index contributed by atoms with van der Waals surface area (Å²) in [4.78, 5) is 24.4. The highest BCUT2D eigenvalue weighted by Crippen LogP contribution is 2.23. The van der Waals surface area contributed by atoms with Crippen molar-refractivity contribution in [2.24, 2.45) is 0 Å². The summed E-state index contributed by atoms with van der Waals surface area (Å²) < 4.78 is 5.66. The first-order valence-corrected chi connectivity index (χ1v) is 7.10. The Bertz CT molecular complexity index is 895. The number of carboxylic acid groups (broad SMARTS) is 1. The van der Waals surface area contributed by atoms with E-state index in [1.54, 1.807) is 12.1 Å². The zero-order chi connectivity index (χ0) is 14.3. The fraction of sp³-hybridized carbons (Fsp3) is 0.0667. The average molecular weight is 286 g/mol. The number of benzene rings is 2. The van der Waals surface area contributed by atoms with E-state index in [2.05, 4.69) is 0 Å². The summed E-state index contributed by atoms with van der Waals surface area (Å²) in [6, 6.07) is 9.70. The van der Waals surface area contributed by atoms with Crippen LogP contribution in [0.25, 0.3) is 21.9 Å². The van der Waals surface area contributed by atoms with Crippen molar-refractivity contribution in [3.05, 3.63) is 52.2 Å². The van der Waals surface area contributed by atoms with Crippen molar-refractivity contribution in [1.29, 1.82) is 0 Å². The van der Waals surface area contributed by atoms with E-state index in [1.165, 1.54) is 30.0 Å². The second-order valence-corrected chi connectivity index (χ2v) is 5.19. The number of hydrogen-bond donors (Lipinski definition) is 1. The van der Waals surface area contributed by atoms with Gasteiger partial charge in [-0.2, -0.15) is 0 Å². The second kappa shape index (κ2) is 4.68. The van der Waals surface area contributed by atoms with Crippen LogP contribution in [0.4, 0.5) is 0 Å². The van der Waals surface area contributed by atoms with E-state index in [0.29, 0.717) is 16.6 Å². The van der Waals surface area contributed by atoms with E-state index in [1.807, 2.05) is 12.3 Å². The van der Waals surface area contributed by atoms with Crippen LogP contribution in [0.1, 0.15) is 10.4 Å². The van der Waals surface area contributed by atoms with E-state index in [0.717, 1.165) is 4.90 Å². The van der Waals surface area contributed by atoms with E-state index in [-0.39, 0.29) is 16.4 Å². The lowest BCUT2D eigenvalue weighted by Gasteiger charge is -2.03. The molecule has 0 spiro atoms. The molecule has 3 aromatic rings. The minimum atomic E-state index is -1.07. The topological polar surface area (TPSA) is 67.5 Å². The molecule has 2 aromatic carbocycles. The van der Waals surface area contributed by atoms with Gasteiger partial charge in [-0.3, -0.25) is 4.79 Å². The van der Waals surface area contributed by atoms with Crippen molar-refractivity contribution in [3.63, 3.8) is 0 Å². The molecule has 1 aromatic heterocycles. The molecule has 0 unspecified atom stereocenters. The number of hydrogen-bond acceptors (Lipinski definition) is 4. The number of carboxylic acids is 1. The molecule has 0 saturated carbocycles. The van der Waals surface area contributed by atoms with Gasteiger partial charge in [0.2, 0.25) is 5.43 Å². The van der Waals surface area contributed by atoms with E-state index in [4.69, 9.17) is 9.52 Å². The Balaban J connectivity index is 2.42. The first-order chi connectivity index (χ1) is 9.60. The van der Waals surface area contributed by atoms with Crippen LogP contribution >= 0.6 is 11.8 Å². The summed E-state index contributed by atoms with van der Waals surface area (Å²) in [7, 11) is 0. The molecule has 0 amide bonds. The summed E-state index contributed by atoms with van der Waals surface area (Å²) in [5.41, 5.74) is 0.762. The van der Waals surface area contributed by atoms with Crippen LogP contribution in [-0.2, 0) is 0 Å². The summed E-state index contributed by atoms with van der Waals surface area (Å²) >= 11 is 1.53. The minimum Gasteiger partial charge on any atom is -0.478 e. The third kappa shape index (κ3) is 1.96. The van der Waals surface area contributed by atoms with Gasteiger partial charge in [0.05, 0.1) is 16.3 Å². The van der Waals surface area contributed by atoms with Gasteiger partial charge in [0.15, 0.2) is 0 Å². The Morgan fingerprint density at radius 2 is 1.75 bits per heavy atom. The molecule has 0 atom stereocenters. The standard InChI is InChI=1S/C15H10O4S/c1-20-9-3-5-13-11(7-9)14(16)10-6-8(15(17)18)2-4-12(10)19-13/h2-7H,1H3,(H,17,18). The lowest BCUT2D eigenvalue weighted by atomic mass is 10.1. The van der Waals surface area contributed by atoms with Crippen molar-refractivity contribution in [1.82, 2.24) is 0 Å². The highest BCUT2D eigenvalue weighted by atomic mass is 32.2. The average Bonchev–Trinajstić information content (AvgIpc) is 2.47. The molecule has 1 heterocycles. The molecule has 0 aliphatic heterocycles. The highest BCUT2D eigenvalue weighted by molar-refractivity contribution is 7.98. The second-order valence-electron chi connectivity index (χ2n) is 4.31. The van der Waals surface area contributed by atoms with Gasteiger partial charge in [-0.05, 0) is 42.7 Å². The molecule has 1 N–H and O–H groups in total. The number of aromatic carboxylic acids is 1. The van der Waals surface area contributed by atoms with Crippen LogP contribution in [0.3, 0.4) is 0 Å². The van der Waals surface area contributed by atoms with Gasteiger partial charge in [-0.1, -0.05) is 0 Å². The third-order valence-electron chi connectivity index (χ3n) is 3.12. The SMILES string of the molecule is CSc1ccc2oc3ccc(C(=O)O)cc3c(=O)c2c1. The van der Waals surface area contributed by atoms with Gasteiger partial charge in [0, 0.05) is 4.90 Å². The zero-order valence-electron chi connectivity index (χ0n) is 10.5. The molecule has 3 rings (SSSR count). The zero-order valence-corrected chi connectivity index (χ0v) is 11.4. The Labute approximate surface area is 118 Å². The van der Waals surface area contributed by atoms with Crippen LogP contribution in [0.5, 0.6) is 0 Å². The number of carbonyl (C=O) groups is 1. The molecule has 100 valence electrons. The van der Waals surface area contributed by atoms with Crippen LogP contribution in [0, 0.1) is 0 Å². The van der Waals surface area contributed by atoms with Crippen molar-refractivity contribution in [2.45, 2.75) is 4.90 Å². The Morgan fingerprint density at radius 1 is 1.10 bits per heavy atom. The van der Waals surface area contributed by atoms with Crippen molar-refractivity contribution in [2.75, 3.05) is 6.26 Å². The molecular formula is C15H10O4S. The molecule has 0 saturated heterocycles. The first-order valence-electron chi connectivity index (χ1n) is 5.88. The van der Waals surface area contributed by atoms with E-state index < -0.39 is 5.97 Å². The number of rotatable bonds is 2. The fourth-order valence-electron chi connectivity index (χ4n) is 2.10. The van der Waals surface area contributed by atoms with E-state index >= 15 is 0 Å². The summed E-state index contributed by atoms with van der Waals surface area (Å²) in [6.45, 7) is 0. The number of fused-ring (bicyclic) bond motifs is 2. The van der Waals surface area contributed by atoms with Crippen LogP contribution in [0.15, 0.2) is 50.5 Å². The van der Waals surface area contributed by atoms with Crippen LogP contribution < -0.4 is 5.43 Å². The van der Waals surface area contributed by atoms with E-state index in [9.17, 15) is 9.59 Å². The van der Waals surface area contributed by atoms with Gasteiger partial charge in [-0.25, -0.2) is 4.79 Å². The predicted molar refractivity (Wildman–Crippen MR) is 78.7 cm³/mol. The highest BCUT2D eigenvalue weighted by Gasteiger charge is 2.11. The van der Waals surface area contributed by atoms with Gasteiger partial charge in [0.1, 0.15) is 11.2 Å². The van der Waals surface area contributed by atoms with Crippen LogP contribution in [-0.4, -0.2) is 17.3 Å². The quantitative estimate of drug-likeness (QED) is 0.578. The van der Waals surface area contributed by atoms with Gasteiger partial charge >= 0.3 is 5.97 Å². The molecule has 20 heavy (non-hydrogen) atoms. The maximum atomic E-state index is 12.5. The van der Waals surface area contributed by atoms with Crippen LogP contribution in [0.2, 0.25) is 0 Å². The van der Waals surface area contributed by atoms with Crippen molar-refractivity contribution < 1.29 is 14.3 Å². The molecule has 0 aliphatic carbocycles. The van der Waals surface area contributed by atoms with Crippen molar-refractivity contribution >= 4 is 39.7 Å². The monoisotopic (exact) mass is 286 g/mol. The summed E-state index contributed by atoms with van der Waals surface area (Å²) in [5.74, 6) is -1.07. The fourth-order valence-corrected chi connectivity index (χ4v) is 2.54. The molecule has 4 nitrogen and oxygen atoms in total. The summed E-state index contributed by atoms with van der Waals surface area (Å²) in [6.07, 6.45) is 1.92.